The van der Waals surface area contributed by atoms with Gasteiger partial charge in [0.2, 0.25) is 0 Å². The van der Waals surface area contributed by atoms with Gasteiger partial charge in [-0.3, -0.25) is 4.90 Å². The molecule has 3 rings (SSSR count). The van der Waals surface area contributed by atoms with Crippen LogP contribution in [0.2, 0.25) is 0 Å². The summed E-state index contributed by atoms with van der Waals surface area (Å²) in [7, 11) is 1.74. The average molecular weight is 259 g/mol. The maximum atomic E-state index is 5.98. The van der Waals surface area contributed by atoms with Crippen molar-refractivity contribution in [2.45, 2.75) is 25.0 Å². The third kappa shape index (κ3) is 2.28. The number of methoxy groups -OCH3 is 1. The van der Waals surface area contributed by atoms with Crippen molar-refractivity contribution in [1.29, 1.82) is 0 Å². The molecule has 1 aliphatic carbocycles. The van der Waals surface area contributed by atoms with Crippen LogP contribution in [0, 0.1) is 0 Å². The molecule has 0 bridgehead atoms. The second-order valence-electron chi connectivity index (χ2n) is 5.27. The first kappa shape index (κ1) is 12.7. The van der Waals surface area contributed by atoms with Crippen LogP contribution in [0.4, 0.5) is 0 Å². The van der Waals surface area contributed by atoms with Crippen LogP contribution in [0.5, 0.6) is 5.75 Å². The molecule has 0 N–H and O–H groups in total. The lowest BCUT2D eigenvalue weighted by atomic mass is 9.84. The molecular formula is C16H21NO2. The molecule has 3 heteroatoms. The first-order valence-corrected chi connectivity index (χ1v) is 6.94. The van der Waals surface area contributed by atoms with Crippen LogP contribution in [0.1, 0.15) is 11.1 Å². The fourth-order valence-corrected chi connectivity index (χ4v) is 3.33. The van der Waals surface area contributed by atoms with E-state index in [1.165, 1.54) is 11.1 Å². The van der Waals surface area contributed by atoms with Crippen LogP contribution in [0.3, 0.4) is 0 Å². The minimum atomic E-state index is 0.289. The van der Waals surface area contributed by atoms with Gasteiger partial charge >= 0.3 is 0 Å². The van der Waals surface area contributed by atoms with Gasteiger partial charge in [-0.2, -0.15) is 0 Å². The lowest BCUT2D eigenvalue weighted by Gasteiger charge is -2.44. The Kier molecular flexibility index (Phi) is 3.58. The number of hydrogen-bond donors (Lipinski definition) is 0. The highest BCUT2D eigenvalue weighted by molar-refractivity contribution is 5.43. The molecule has 0 amide bonds. The molecule has 1 unspecified atom stereocenters. The number of morpholine rings is 1. The third-order valence-electron chi connectivity index (χ3n) is 4.26. The Labute approximate surface area is 114 Å². The molecule has 1 aromatic carbocycles. The first-order chi connectivity index (χ1) is 9.33. The molecule has 102 valence electrons. The molecule has 2 atom stereocenters. The molecule has 1 aromatic rings. The first-order valence-electron chi connectivity index (χ1n) is 6.94. The van der Waals surface area contributed by atoms with Gasteiger partial charge < -0.3 is 9.47 Å². The average Bonchev–Trinajstić information content (AvgIpc) is 2.45. The van der Waals surface area contributed by atoms with Crippen molar-refractivity contribution in [3.05, 3.63) is 42.0 Å². The smallest absolute Gasteiger partial charge is 0.122 e. The van der Waals surface area contributed by atoms with Crippen LogP contribution in [-0.2, 0) is 17.6 Å². The van der Waals surface area contributed by atoms with Crippen molar-refractivity contribution in [2.24, 2.45) is 0 Å². The fourth-order valence-electron chi connectivity index (χ4n) is 3.33. The zero-order valence-corrected chi connectivity index (χ0v) is 11.5. The highest BCUT2D eigenvalue weighted by atomic mass is 16.5. The molecule has 1 heterocycles. The van der Waals surface area contributed by atoms with Crippen LogP contribution in [0.15, 0.2) is 30.9 Å². The van der Waals surface area contributed by atoms with Gasteiger partial charge in [0.05, 0.1) is 19.8 Å². The highest BCUT2D eigenvalue weighted by Gasteiger charge is 2.36. The van der Waals surface area contributed by atoms with Crippen molar-refractivity contribution in [1.82, 2.24) is 4.90 Å². The molecular weight excluding hydrogens is 238 g/mol. The summed E-state index contributed by atoms with van der Waals surface area (Å²) >= 11 is 0. The Bertz CT molecular complexity index is 472. The second-order valence-corrected chi connectivity index (χ2v) is 5.27. The lowest BCUT2D eigenvalue weighted by molar-refractivity contribution is -0.0701. The number of nitrogens with zero attached hydrogens (tertiary/aromatic N) is 1. The predicted molar refractivity (Wildman–Crippen MR) is 75.7 cm³/mol. The fraction of sp³-hybridized carbons (Fsp3) is 0.500. The summed E-state index contributed by atoms with van der Waals surface area (Å²) in [4.78, 5) is 2.49. The summed E-state index contributed by atoms with van der Waals surface area (Å²) in [5.74, 6) is 1.00. The van der Waals surface area contributed by atoms with E-state index in [0.29, 0.717) is 6.04 Å². The summed E-state index contributed by atoms with van der Waals surface area (Å²) in [6, 6.07) is 6.82. The normalized spacial score (nSPS) is 26.4. The molecule has 0 radical (unpaired) electrons. The Balaban J connectivity index is 1.90. The van der Waals surface area contributed by atoms with Crippen molar-refractivity contribution in [2.75, 3.05) is 26.8 Å². The van der Waals surface area contributed by atoms with Gasteiger partial charge in [-0.05, 0) is 23.6 Å². The summed E-state index contributed by atoms with van der Waals surface area (Å²) in [5.41, 5.74) is 2.73. The lowest BCUT2D eigenvalue weighted by Crippen LogP contribution is -2.54. The van der Waals surface area contributed by atoms with E-state index in [4.69, 9.17) is 9.47 Å². The van der Waals surface area contributed by atoms with Gasteiger partial charge in [0.1, 0.15) is 5.75 Å². The van der Waals surface area contributed by atoms with Gasteiger partial charge in [-0.15, -0.1) is 6.58 Å². The summed E-state index contributed by atoms with van der Waals surface area (Å²) < 4.78 is 11.5. The van der Waals surface area contributed by atoms with Crippen molar-refractivity contribution in [3.63, 3.8) is 0 Å². The molecule has 19 heavy (non-hydrogen) atoms. The van der Waals surface area contributed by atoms with E-state index in [0.717, 1.165) is 38.3 Å². The van der Waals surface area contributed by atoms with E-state index < -0.39 is 0 Å². The van der Waals surface area contributed by atoms with Gasteiger partial charge in [0.15, 0.2) is 0 Å². The topological polar surface area (TPSA) is 21.7 Å². The Hall–Kier alpha value is -1.32. The molecule has 3 nitrogen and oxygen atoms in total. The molecule has 0 aromatic heterocycles. The Morgan fingerprint density at radius 3 is 3.16 bits per heavy atom. The molecule has 2 aliphatic rings. The van der Waals surface area contributed by atoms with E-state index in [1.807, 2.05) is 12.1 Å². The van der Waals surface area contributed by atoms with E-state index in [9.17, 15) is 0 Å². The van der Waals surface area contributed by atoms with Crippen molar-refractivity contribution in [3.8, 4) is 5.75 Å². The van der Waals surface area contributed by atoms with Gasteiger partial charge in [-0.1, -0.05) is 18.2 Å². The summed E-state index contributed by atoms with van der Waals surface area (Å²) in [6.07, 6.45) is 4.28. The standard InChI is InChI=1S/C16H21NO2/c1-3-7-17-8-9-19-16-11-13-12(10-14(16)17)5-4-6-15(13)18-2/h3-6,14,16H,1,7-11H2,2H3/t14?,16-/m0/s1. The maximum Gasteiger partial charge on any atom is 0.122 e. The summed E-state index contributed by atoms with van der Waals surface area (Å²) in [5, 5.41) is 0. The largest absolute Gasteiger partial charge is 0.496 e. The molecule has 0 saturated carbocycles. The molecule has 1 saturated heterocycles. The number of hydrogen-bond acceptors (Lipinski definition) is 3. The van der Waals surface area contributed by atoms with Crippen molar-refractivity contribution >= 4 is 0 Å². The minimum absolute atomic E-state index is 0.289. The van der Waals surface area contributed by atoms with Crippen LogP contribution < -0.4 is 4.74 Å². The quantitative estimate of drug-likeness (QED) is 0.776. The van der Waals surface area contributed by atoms with E-state index in [-0.39, 0.29) is 6.10 Å². The molecule has 1 aliphatic heterocycles. The van der Waals surface area contributed by atoms with E-state index >= 15 is 0 Å². The number of ether oxygens (including phenoxy) is 2. The van der Waals surface area contributed by atoms with Crippen LogP contribution in [-0.4, -0.2) is 43.9 Å². The monoisotopic (exact) mass is 259 g/mol. The Morgan fingerprint density at radius 1 is 1.47 bits per heavy atom. The summed E-state index contributed by atoms with van der Waals surface area (Å²) in [6.45, 7) is 6.64. The number of fused-ring (bicyclic) bond motifs is 2. The highest BCUT2D eigenvalue weighted by Crippen LogP contribution is 2.34. The van der Waals surface area contributed by atoms with E-state index in [1.54, 1.807) is 7.11 Å². The van der Waals surface area contributed by atoms with Gasteiger partial charge in [0, 0.05) is 25.6 Å². The molecule has 0 spiro atoms. The second kappa shape index (κ2) is 5.35. The predicted octanol–water partition coefficient (Wildman–Crippen LogP) is 2.05. The van der Waals surface area contributed by atoms with Crippen LogP contribution in [0.25, 0.3) is 0 Å². The van der Waals surface area contributed by atoms with Crippen molar-refractivity contribution < 1.29 is 9.47 Å². The third-order valence-corrected chi connectivity index (χ3v) is 4.26. The zero-order chi connectivity index (χ0) is 13.2. The SMILES string of the molecule is C=CCN1CCO[C@H]2Cc3c(cccc3OC)CC21. The molecule has 1 fully saturated rings. The zero-order valence-electron chi connectivity index (χ0n) is 11.5. The van der Waals surface area contributed by atoms with E-state index in [2.05, 4.69) is 23.6 Å². The van der Waals surface area contributed by atoms with Crippen LogP contribution >= 0.6 is 0 Å². The Morgan fingerprint density at radius 2 is 2.37 bits per heavy atom. The minimum Gasteiger partial charge on any atom is -0.496 e. The van der Waals surface area contributed by atoms with Gasteiger partial charge in [0.25, 0.3) is 0 Å². The number of benzene rings is 1. The number of rotatable bonds is 3. The maximum absolute atomic E-state index is 5.98. The van der Waals surface area contributed by atoms with Gasteiger partial charge in [-0.25, -0.2) is 0 Å².